The molecule has 0 radical (unpaired) electrons. The van der Waals surface area contributed by atoms with Crippen LogP contribution in [0, 0.1) is 11.3 Å². The molecule has 0 atom stereocenters. The molecule has 3 aromatic heterocycles. The van der Waals surface area contributed by atoms with Crippen LogP contribution < -0.4 is 5.32 Å². The lowest BCUT2D eigenvalue weighted by Gasteiger charge is -2.48. The molecule has 0 bridgehead atoms. The molecule has 4 heterocycles. The fourth-order valence-corrected chi connectivity index (χ4v) is 5.26. The molecule has 1 aliphatic rings. The summed E-state index contributed by atoms with van der Waals surface area (Å²) in [6.07, 6.45) is 6.25. The average Bonchev–Trinajstić information content (AvgIpc) is 3.35. The summed E-state index contributed by atoms with van der Waals surface area (Å²) in [6, 6.07) is 4.13. The smallest absolute Gasteiger partial charge is 0.216 e. The maximum Gasteiger partial charge on any atom is 0.216 e. The van der Waals surface area contributed by atoms with Crippen molar-refractivity contribution in [1.82, 2.24) is 29.0 Å². The summed E-state index contributed by atoms with van der Waals surface area (Å²) in [6.45, 7) is 6.56. The van der Waals surface area contributed by atoms with Gasteiger partial charge in [-0.2, -0.15) is 14.7 Å². The minimum Gasteiger partial charge on any atom is -0.368 e. The van der Waals surface area contributed by atoms with Gasteiger partial charge in [0.25, 0.3) is 0 Å². The molecule has 10 nitrogen and oxygen atoms in total. The Bertz CT molecular complexity index is 1230. The molecule has 1 saturated heterocycles. The van der Waals surface area contributed by atoms with Crippen LogP contribution in [0.1, 0.15) is 33.6 Å². The normalized spacial score (nSPS) is 16.4. The minimum absolute atomic E-state index is 0.162. The molecule has 3 aromatic rings. The van der Waals surface area contributed by atoms with E-state index in [0.717, 1.165) is 35.3 Å². The standard InChI is InChI=1S/C20H26N8O2S/c1-4-8-22-19-16(17-15-5-9-23-18(15)25-13-24-17)10-28(26-19)20(6-7-21)11-27(12-20)31(29,30)14(2)3/h5,9-10,13-14H,4,6,8,11-12H2,1-3H3,(H,22,26)(H,23,24,25). The van der Waals surface area contributed by atoms with E-state index >= 15 is 0 Å². The van der Waals surface area contributed by atoms with Gasteiger partial charge in [-0.15, -0.1) is 0 Å². The van der Waals surface area contributed by atoms with Crippen molar-refractivity contribution < 1.29 is 8.42 Å². The maximum absolute atomic E-state index is 12.6. The van der Waals surface area contributed by atoms with Crippen molar-refractivity contribution in [2.75, 3.05) is 25.0 Å². The molecular formula is C20H26N8O2S. The van der Waals surface area contributed by atoms with Crippen molar-refractivity contribution in [3.05, 3.63) is 24.8 Å². The molecule has 0 amide bonds. The van der Waals surface area contributed by atoms with Crippen LogP contribution in [0.5, 0.6) is 0 Å². The van der Waals surface area contributed by atoms with Crippen LogP contribution in [0.15, 0.2) is 24.8 Å². The lowest BCUT2D eigenvalue weighted by molar-refractivity contribution is 0.0714. The molecule has 0 saturated carbocycles. The van der Waals surface area contributed by atoms with Crippen molar-refractivity contribution >= 4 is 26.9 Å². The zero-order chi connectivity index (χ0) is 22.2. The van der Waals surface area contributed by atoms with Crippen LogP contribution in [0.2, 0.25) is 0 Å². The molecule has 2 N–H and O–H groups in total. The number of sulfonamides is 1. The Morgan fingerprint density at radius 2 is 2.13 bits per heavy atom. The van der Waals surface area contributed by atoms with E-state index < -0.39 is 20.8 Å². The molecule has 1 aliphatic heterocycles. The third-order valence-corrected chi connectivity index (χ3v) is 7.83. The van der Waals surface area contributed by atoms with E-state index in [1.165, 1.54) is 10.6 Å². The van der Waals surface area contributed by atoms with E-state index in [9.17, 15) is 13.7 Å². The van der Waals surface area contributed by atoms with Gasteiger partial charge in [0.15, 0.2) is 5.82 Å². The number of rotatable bonds is 8. The Morgan fingerprint density at radius 3 is 2.81 bits per heavy atom. The number of fused-ring (bicyclic) bond motifs is 1. The number of H-pyrrole nitrogens is 1. The molecule has 0 unspecified atom stereocenters. The Balaban J connectivity index is 1.77. The quantitative estimate of drug-likeness (QED) is 0.547. The van der Waals surface area contributed by atoms with Gasteiger partial charge in [0.05, 0.1) is 29.0 Å². The molecule has 0 spiro atoms. The van der Waals surface area contributed by atoms with E-state index in [2.05, 4.69) is 33.3 Å². The van der Waals surface area contributed by atoms with Gasteiger partial charge in [-0.25, -0.2) is 18.4 Å². The number of aromatic nitrogens is 5. The van der Waals surface area contributed by atoms with Crippen LogP contribution in [-0.2, 0) is 15.6 Å². The number of nitriles is 1. The number of nitrogens with zero attached hydrogens (tertiary/aromatic N) is 6. The SMILES string of the molecule is CCCNc1nn(C2(CC#N)CN(S(=O)(=O)C(C)C)C2)cc1-c1ncnc2[nH]ccc12. The Kier molecular flexibility index (Phi) is 5.45. The molecule has 0 aromatic carbocycles. The predicted molar refractivity (Wildman–Crippen MR) is 118 cm³/mol. The average molecular weight is 443 g/mol. The molecule has 11 heteroatoms. The lowest BCUT2D eigenvalue weighted by Crippen LogP contribution is -2.65. The van der Waals surface area contributed by atoms with E-state index in [-0.39, 0.29) is 19.5 Å². The van der Waals surface area contributed by atoms with Crippen molar-refractivity contribution in [3.63, 3.8) is 0 Å². The zero-order valence-electron chi connectivity index (χ0n) is 17.8. The summed E-state index contributed by atoms with van der Waals surface area (Å²) in [4.78, 5) is 11.8. The largest absolute Gasteiger partial charge is 0.368 e. The summed E-state index contributed by atoms with van der Waals surface area (Å²) in [5.41, 5.74) is 1.54. The van der Waals surface area contributed by atoms with Gasteiger partial charge in [-0.05, 0) is 26.3 Å². The molecule has 0 aliphatic carbocycles. The van der Waals surface area contributed by atoms with Crippen LogP contribution >= 0.6 is 0 Å². The number of hydrogen-bond donors (Lipinski definition) is 2. The second-order valence-corrected chi connectivity index (χ2v) is 10.6. The summed E-state index contributed by atoms with van der Waals surface area (Å²) in [5.74, 6) is 0.658. The molecule has 4 rings (SSSR count). The van der Waals surface area contributed by atoms with Gasteiger partial charge >= 0.3 is 0 Å². The summed E-state index contributed by atoms with van der Waals surface area (Å²) < 4.78 is 28.3. The number of hydrogen-bond acceptors (Lipinski definition) is 7. The van der Waals surface area contributed by atoms with Gasteiger partial charge in [-0.1, -0.05) is 6.92 Å². The molecular weight excluding hydrogens is 416 g/mol. The van der Waals surface area contributed by atoms with Gasteiger partial charge in [0.2, 0.25) is 10.0 Å². The van der Waals surface area contributed by atoms with Crippen LogP contribution in [0.25, 0.3) is 22.3 Å². The molecule has 164 valence electrons. The number of anilines is 1. The highest BCUT2D eigenvalue weighted by molar-refractivity contribution is 7.89. The maximum atomic E-state index is 12.6. The van der Waals surface area contributed by atoms with E-state index in [4.69, 9.17) is 5.10 Å². The van der Waals surface area contributed by atoms with Crippen LogP contribution in [-0.4, -0.2) is 62.3 Å². The molecule has 1 fully saturated rings. The third kappa shape index (κ3) is 3.55. The second kappa shape index (κ2) is 7.94. The Labute approximate surface area is 181 Å². The lowest BCUT2D eigenvalue weighted by atomic mass is 9.89. The zero-order valence-corrected chi connectivity index (χ0v) is 18.6. The number of nitrogens with one attached hydrogen (secondary N) is 2. The van der Waals surface area contributed by atoms with Crippen molar-refractivity contribution in [1.29, 1.82) is 5.26 Å². The predicted octanol–water partition coefficient (Wildman–Crippen LogP) is 2.31. The van der Waals surface area contributed by atoms with Gasteiger partial charge in [-0.3, -0.25) is 4.68 Å². The first-order valence-electron chi connectivity index (χ1n) is 10.3. The fraction of sp³-hybridized carbons (Fsp3) is 0.500. The Hall–Kier alpha value is -2.97. The molecule has 31 heavy (non-hydrogen) atoms. The second-order valence-electron chi connectivity index (χ2n) is 8.15. The summed E-state index contributed by atoms with van der Waals surface area (Å²) in [7, 11) is -3.39. The first-order valence-corrected chi connectivity index (χ1v) is 11.8. The van der Waals surface area contributed by atoms with Gasteiger partial charge < -0.3 is 10.3 Å². The van der Waals surface area contributed by atoms with Crippen molar-refractivity contribution in [3.8, 4) is 17.3 Å². The topological polar surface area (TPSA) is 133 Å². The van der Waals surface area contributed by atoms with Gasteiger partial charge in [0, 0.05) is 37.4 Å². The minimum atomic E-state index is -3.39. The van der Waals surface area contributed by atoms with E-state index in [1.54, 1.807) is 18.5 Å². The third-order valence-electron chi connectivity index (χ3n) is 5.66. The van der Waals surface area contributed by atoms with Crippen LogP contribution in [0.4, 0.5) is 5.82 Å². The highest BCUT2D eigenvalue weighted by Gasteiger charge is 2.51. The van der Waals surface area contributed by atoms with Crippen molar-refractivity contribution in [2.45, 2.75) is 44.4 Å². The van der Waals surface area contributed by atoms with E-state index in [0.29, 0.717) is 5.82 Å². The summed E-state index contributed by atoms with van der Waals surface area (Å²) >= 11 is 0. The highest BCUT2D eigenvalue weighted by Crippen LogP contribution is 2.38. The van der Waals surface area contributed by atoms with E-state index in [1.807, 2.05) is 18.5 Å². The number of aromatic amines is 1. The summed E-state index contributed by atoms with van der Waals surface area (Å²) in [5, 5.41) is 17.9. The van der Waals surface area contributed by atoms with Gasteiger partial charge in [0.1, 0.15) is 17.5 Å². The highest BCUT2D eigenvalue weighted by atomic mass is 32.2. The monoisotopic (exact) mass is 442 g/mol. The first-order chi connectivity index (χ1) is 14.8. The fourth-order valence-electron chi connectivity index (χ4n) is 3.82. The van der Waals surface area contributed by atoms with Crippen molar-refractivity contribution in [2.24, 2.45) is 0 Å². The first kappa shape index (κ1) is 21.3. The van der Waals surface area contributed by atoms with Crippen LogP contribution in [0.3, 0.4) is 0 Å². The Morgan fingerprint density at radius 1 is 1.35 bits per heavy atom.